The summed E-state index contributed by atoms with van der Waals surface area (Å²) in [4.78, 5) is 40.3. The Morgan fingerprint density at radius 2 is 2.14 bits per heavy atom. The summed E-state index contributed by atoms with van der Waals surface area (Å²) < 4.78 is 14.0. The monoisotopic (exact) mass is 452 g/mol. The van der Waals surface area contributed by atoms with Gasteiger partial charge >= 0.3 is 5.97 Å². The highest BCUT2D eigenvalue weighted by atomic mass is 79.9. The van der Waals surface area contributed by atoms with Crippen molar-refractivity contribution in [1.29, 1.82) is 0 Å². The maximum Gasteiger partial charge on any atom is 0.326 e. The maximum absolute atomic E-state index is 13.2. The normalized spacial score (nSPS) is 19.5. The second kappa shape index (κ2) is 6.70. The third-order valence-electron chi connectivity index (χ3n) is 4.79. The highest BCUT2D eigenvalue weighted by molar-refractivity contribution is 9.10. The molecule has 150 valence electrons. The van der Waals surface area contributed by atoms with Crippen molar-refractivity contribution in [2.45, 2.75) is 51.9 Å². The van der Waals surface area contributed by atoms with Gasteiger partial charge in [-0.15, -0.1) is 0 Å². The van der Waals surface area contributed by atoms with E-state index < -0.39 is 11.6 Å². The topological polar surface area (TPSA) is 95.1 Å². The number of esters is 1. The molecule has 0 aromatic carbocycles. The van der Waals surface area contributed by atoms with Gasteiger partial charge in [-0.25, -0.2) is 0 Å². The smallest absolute Gasteiger partial charge is 0.326 e. The van der Waals surface area contributed by atoms with Crippen LogP contribution in [0.5, 0.6) is 0 Å². The second-order valence-electron chi connectivity index (χ2n) is 7.99. The van der Waals surface area contributed by atoms with Gasteiger partial charge in [0.25, 0.3) is 11.5 Å². The van der Waals surface area contributed by atoms with E-state index >= 15 is 0 Å². The van der Waals surface area contributed by atoms with Gasteiger partial charge in [-0.1, -0.05) is 0 Å². The summed E-state index contributed by atoms with van der Waals surface area (Å²) >= 11 is 3.27. The van der Waals surface area contributed by atoms with Crippen molar-refractivity contribution < 1.29 is 19.1 Å². The average molecular weight is 453 g/mol. The minimum atomic E-state index is -0.659. The minimum Gasteiger partial charge on any atom is -0.459 e. The largest absolute Gasteiger partial charge is 0.459 e. The fourth-order valence-electron chi connectivity index (χ4n) is 3.68. The van der Waals surface area contributed by atoms with Gasteiger partial charge < -0.3 is 18.9 Å². The molecule has 9 nitrogen and oxygen atoms in total. The Hall–Kier alpha value is -2.20. The van der Waals surface area contributed by atoms with Gasteiger partial charge in [0.2, 0.25) is 0 Å². The van der Waals surface area contributed by atoms with Crippen LogP contribution in [0.3, 0.4) is 0 Å². The van der Waals surface area contributed by atoms with E-state index in [-0.39, 0.29) is 36.3 Å². The summed E-state index contributed by atoms with van der Waals surface area (Å²) in [5.74, 6) is -0.765. The van der Waals surface area contributed by atoms with Crippen LogP contribution in [0.4, 0.5) is 0 Å². The summed E-state index contributed by atoms with van der Waals surface area (Å²) in [6.45, 7) is 6.35. The summed E-state index contributed by atoms with van der Waals surface area (Å²) in [7, 11) is 0. The minimum absolute atomic E-state index is 0.0756. The SMILES string of the molecule is CC(C)(C)OC(=O)Cn1c2c(c(=O)n3nc(Br)cc13)CN([C@@H]1CCOC1)C2=O. The Bertz CT molecular complexity index is 1030. The molecule has 4 heterocycles. The molecule has 10 heteroatoms. The van der Waals surface area contributed by atoms with Crippen molar-refractivity contribution in [1.82, 2.24) is 19.1 Å². The number of fused-ring (bicyclic) bond motifs is 2. The van der Waals surface area contributed by atoms with Crippen LogP contribution in [-0.2, 0) is 27.4 Å². The first-order valence-corrected chi connectivity index (χ1v) is 9.86. The van der Waals surface area contributed by atoms with E-state index in [1.54, 1.807) is 31.7 Å². The van der Waals surface area contributed by atoms with Crippen LogP contribution in [-0.4, -0.2) is 55.8 Å². The molecule has 1 saturated heterocycles. The summed E-state index contributed by atoms with van der Waals surface area (Å²) in [5, 5.41) is 4.17. The van der Waals surface area contributed by atoms with Gasteiger partial charge in [0.15, 0.2) is 0 Å². The molecule has 0 N–H and O–H groups in total. The van der Waals surface area contributed by atoms with E-state index in [4.69, 9.17) is 9.47 Å². The molecule has 2 aromatic rings. The quantitative estimate of drug-likeness (QED) is 0.652. The highest BCUT2D eigenvalue weighted by Crippen LogP contribution is 2.27. The van der Waals surface area contributed by atoms with Crippen molar-refractivity contribution >= 4 is 33.5 Å². The first-order valence-electron chi connectivity index (χ1n) is 9.07. The van der Waals surface area contributed by atoms with Crippen molar-refractivity contribution in [3.05, 3.63) is 32.3 Å². The zero-order valence-electron chi connectivity index (χ0n) is 15.9. The lowest BCUT2D eigenvalue weighted by molar-refractivity contribution is -0.155. The number of nitrogens with zero attached hydrogens (tertiary/aromatic N) is 4. The lowest BCUT2D eigenvalue weighted by Gasteiger charge is -2.22. The van der Waals surface area contributed by atoms with Gasteiger partial charge in [-0.3, -0.25) is 14.4 Å². The molecule has 0 unspecified atom stereocenters. The van der Waals surface area contributed by atoms with Crippen molar-refractivity contribution in [2.24, 2.45) is 0 Å². The van der Waals surface area contributed by atoms with Gasteiger partial charge in [-0.2, -0.15) is 9.61 Å². The van der Waals surface area contributed by atoms with Crippen LogP contribution in [0, 0.1) is 0 Å². The Labute approximate surface area is 169 Å². The van der Waals surface area contributed by atoms with Gasteiger partial charge in [0.1, 0.15) is 28.1 Å². The van der Waals surface area contributed by atoms with E-state index in [1.807, 2.05) is 0 Å². The zero-order chi connectivity index (χ0) is 20.2. The van der Waals surface area contributed by atoms with Crippen LogP contribution >= 0.6 is 15.9 Å². The third kappa shape index (κ3) is 3.24. The van der Waals surface area contributed by atoms with E-state index in [0.29, 0.717) is 29.0 Å². The van der Waals surface area contributed by atoms with E-state index in [2.05, 4.69) is 21.0 Å². The van der Waals surface area contributed by atoms with Crippen LogP contribution in [0.25, 0.3) is 5.65 Å². The number of carbonyl (C=O) groups excluding carboxylic acids is 2. The Morgan fingerprint density at radius 1 is 1.39 bits per heavy atom. The lowest BCUT2D eigenvalue weighted by Crippen LogP contribution is -2.36. The zero-order valence-corrected chi connectivity index (χ0v) is 17.5. The first-order chi connectivity index (χ1) is 13.2. The number of amides is 1. The number of ether oxygens (including phenoxy) is 2. The molecule has 1 atom stereocenters. The van der Waals surface area contributed by atoms with Gasteiger partial charge in [0, 0.05) is 12.7 Å². The second-order valence-corrected chi connectivity index (χ2v) is 8.80. The standard InChI is InChI=1S/C18H21BrN4O5/c1-18(2,3)28-14(24)8-22-13-6-12(19)20-23(13)16(25)11-7-21(17(26)15(11)22)10-4-5-27-9-10/h6,10H,4-5,7-9H2,1-3H3/t10-/m1/s1. The fraction of sp³-hybridized carbons (Fsp3) is 0.556. The predicted octanol–water partition coefficient (Wildman–Crippen LogP) is 1.34. The number of rotatable bonds is 3. The van der Waals surface area contributed by atoms with E-state index in [0.717, 1.165) is 6.42 Å². The van der Waals surface area contributed by atoms with Crippen molar-refractivity contribution in [3.63, 3.8) is 0 Å². The van der Waals surface area contributed by atoms with Crippen LogP contribution in [0.2, 0.25) is 0 Å². The lowest BCUT2D eigenvalue weighted by atomic mass is 10.2. The molecule has 0 radical (unpaired) electrons. The molecule has 1 amide bonds. The highest BCUT2D eigenvalue weighted by Gasteiger charge is 2.39. The molecule has 0 spiro atoms. The summed E-state index contributed by atoms with van der Waals surface area (Å²) in [6.07, 6.45) is 0.725. The Morgan fingerprint density at radius 3 is 2.79 bits per heavy atom. The molecule has 28 heavy (non-hydrogen) atoms. The molecular weight excluding hydrogens is 432 g/mol. The molecule has 2 aliphatic rings. The van der Waals surface area contributed by atoms with Crippen LogP contribution in [0.1, 0.15) is 43.2 Å². The third-order valence-corrected chi connectivity index (χ3v) is 5.18. The number of halogens is 1. The first kappa shape index (κ1) is 19.1. The number of hydrogen-bond acceptors (Lipinski definition) is 6. The van der Waals surface area contributed by atoms with Crippen LogP contribution in [0.15, 0.2) is 15.5 Å². The fourth-order valence-corrected chi connectivity index (χ4v) is 4.05. The molecule has 2 aromatic heterocycles. The van der Waals surface area contributed by atoms with E-state index in [9.17, 15) is 14.4 Å². The van der Waals surface area contributed by atoms with Crippen molar-refractivity contribution in [2.75, 3.05) is 13.2 Å². The molecule has 0 saturated carbocycles. The predicted molar refractivity (Wildman–Crippen MR) is 102 cm³/mol. The van der Waals surface area contributed by atoms with Crippen LogP contribution < -0.4 is 5.56 Å². The van der Waals surface area contributed by atoms with E-state index in [1.165, 1.54) is 9.08 Å². The summed E-state index contributed by atoms with van der Waals surface area (Å²) in [5.41, 5.74) is -0.0929. The molecule has 0 aliphatic carbocycles. The number of aromatic nitrogens is 3. The molecule has 0 bridgehead atoms. The number of hydrogen-bond donors (Lipinski definition) is 0. The Kier molecular flexibility index (Phi) is 4.58. The maximum atomic E-state index is 13.2. The summed E-state index contributed by atoms with van der Waals surface area (Å²) in [6, 6.07) is 1.54. The Balaban J connectivity index is 1.82. The van der Waals surface area contributed by atoms with Gasteiger partial charge in [-0.05, 0) is 43.1 Å². The molecule has 1 fully saturated rings. The molecular formula is C18H21BrN4O5. The average Bonchev–Trinajstić information content (AvgIpc) is 3.28. The van der Waals surface area contributed by atoms with Crippen molar-refractivity contribution in [3.8, 4) is 0 Å². The molecule has 4 rings (SSSR count). The number of carbonyl (C=O) groups is 2. The van der Waals surface area contributed by atoms with Gasteiger partial charge in [0.05, 0.1) is 24.8 Å². The molecule has 2 aliphatic heterocycles.